The van der Waals surface area contributed by atoms with E-state index >= 15 is 0 Å². The van der Waals surface area contributed by atoms with Crippen LogP contribution in [0.15, 0.2) is 52.4 Å². The Morgan fingerprint density at radius 1 is 0.862 bits per heavy atom. The summed E-state index contributed by atoms with van der Waals surface area (Å²) in [6.07, 6.45) is 3.59. The Morgan fingerprint density at radius 2 is 1.45 bits per heavy atom. The zero-order valence-electron chi connectivity index (χ0n) is 16.9. The molecule has 5 nitrogen and oxygen atoms in total. The Morgan fingerprint density at radius 3 is 2.07 bits per heavy atom. The van der Waals surface area contributed by atoms with E-state index in [0.29, 0.717) is 19.9 Å². The average molecular weight is 388 g/mol. The Balaban J connectivity index is 0.000000208. The molecule has 0 aliphatic carbocycles. The van der Waals surface area contributed by atoms with Gasteiger partial charge in [-0.2, -0.15) is 0 Å². The summed E-state index contributed by atoms with van der Waals surface area (Å²) in [7, 11) is 1.65. The molecule has 0 unspecified atom stereocenters. The molecule has 2 aromatic rings. The number of hydrogen-bond donors (Lipinski definition) is 0. The van der Waals surface area contributed by atoms with E-state index in [2.05, 4.69) is 33.7 Å². The molecule has 1 heterocycles. The third-order valence-corrected chi connectivity index (χ3v) is 3.69. The maximum Gasteiger partial charge on any atom is 0.231 e. The third kappa shape index (κ3) is 7.82. The van der Waals surface area contributed by atoms with Gasteiger partial charge in [0.2, 0.25) is 6.79 Å². The molecule has 148 valence electrons. The summed E-state index contributed by atoms with van der Waals surface area (Å²) in [4.78, 5) is 8.31. The van der Waals surface area contributed by atoms with Crippen molar-refractivity contribution in [2.24, 2.45) is 9.98 Å². The first-order chi connectivity index (χ1) is 14.3. The van der Waals surface area contributed by atoms with E-state index in [-0.39, 0.29) is 0 Å². The standard InChI is InChI=1S/C12H11NO2.C12H13NO/c1-2-3-6-13-8-10-4-5-11-12(7-10)15-9-14-11;1-3-4-9-13-10-11-5-7-12(14-2)8-6-11/h4-5,7-8H,6,9H2,1H3;5-8,10H,9H2,1-2H3/b13-8+;13-10+. The van der Waals surface area contributed by atoms with Crippen LogP contribution in [-0.4, -0.2) is 39.4 Å². The molecule has 0 saturated heterocycles. The molecule has 0 spiro atoms. The maximum atomic E-state index is 5.25. The highest BCUT2D eigenvalue weighted by molar-refractivity contribution is 5.81. The molecule has 0 aromatic heterocycles. The molecule has 0 bridgehead atoms. The third-order valence-electron chi connectivity index (χ3n) is 3.69. The van der Waals surface area contributed by atoms with Crippen molar-refractivity contribution in [2.45, 2.75) is 13.8 Å². The predicted molar refractivity (Wildman–Crippen MR) is 117 cm³/mol. The molecule has 5 heteroatoms. The number of nitrogens with zero attached hydrogens (tertiary/aromatic N) is 2. The van der Waals surface area contributed by atoms with Crippen molar-refractivity contribution in [1.29, 1.82) is 0 Å². The number of ether oxygens (including phenoxy) is 3. The molecule has 3 rings (SSSR count). The molecule has 1 aliphatic heterocycles. The van der Waals surface area contributed by atoms with Crippen LogP contribution in [0.3, 0.4) is 0 Å². The van der Waals surface area contributed by atoms with Crippen molar-refractivity contribution in [3.8, 4) is 40.9 Å². The first-order valence-corrected chi connectivity index (χ1v) is 9.09. The summed E-state index contributed by atoms with van der Waals surface area (Å²) >= 11 is 0. The first kappa shape index (κ1) is 21.6. The minimum absolute atomic E-state index is 0.303. The topological polar surface area (TPSA) is 52.4 Å². The number of hydrogen-bond acceptors (Lipinski definition) is 5. The molecular formula is C24H24N2O3. The van der Waals surface area contributed by atoms with Crippen molar-refractivity contribution >= 4 is 12.4 Å². The van der Waals surface area contributed by atoms with Gasteiger partial charge in [0.25, 0.3) is 0 Å². The zero-order chi connectivity index (χ0) is 20.7. The summed E-state index contributed by atoms with van der Waals surface area (Å²) in [6, 6.07) is 13.5. The second-order valence-corrected chi connectivity index (χ2v) is 5.68. The fraction of sp³-hybridized carbons (Fsp3) is 0.250. The fourth-order valence-corrected chi connectivity index (χ4v) is 2.23. The van der Waals surface area contributed by atoms with Crippen LogP contribution in [-0.2, 0) is 0 Å². The molecule has 0 fully saturated rings. The highest BCUT2D eigenvalue weighted by atomic mass is 16.7. The van der Waals surface area contributed by atoms with E-state index < -0.39 is 0 Å². The molecule has 29 heavy (non-hydrogen) atoms. The molecule has 1 aliphatic rings. The highest BCUT2D eigenvalue weighted by Crippen LogP contribution is 2.31. The molecule has 0 atom stereocenters. The van der Waals surface area contributed by atoms with Gasteiger partial charge in [-0.05, 0) is 67.4 Å². The lowest BCUT2D eigenvalue weighted by Gasteiger charge is -1.98. The van der Waals surface area contributed by atoms with Gasteiger partial charge in [0, 0.05) is 12.4 Å². The van der Waals surface area contributed by atoms with Crippen LogP contribution >= 0.6 is 0 Å². The summed E-state index contributed by atoms with van der Waals surface area (Å²) in [5.74, 6) is 13.7. The van der Waals surface area contributed by atoms with Gasteiger partial charge in [0.15, 0.2) is 11.5 Å². The maximum absolute atomic E-state index is 5.25. The molecule has 0 radical (unpaired) electrons. The Labute approximate surface area is 172 Å². The minimum Gasteiger partial charge on any atom is -0.497 e. The number of rotatable bonds is 5. The molecule has 0 amide bonds. The number of benzene rings is 2. The number of methoxy groups -OCH3 is 1. The van der Waals surface area contributed by atoms with E-state index in [0.717, 1.165) is 28.4 Å². The monoisotopic (exact) mass is 388 g/mol. The summed E-state index contributed by atoms with van der Waals surface area (Å²) < 4.78 is 15.5. The van der Waals surface area contributed by atoms with Crippen molar-refractivity contribution in [2.75, 3.05) is 27.0 Å². The van der Waals surface area contributed by atoms with Crippen LogP contribution in [0.25, 0.3) is 0 Å². The largest absolute Gasteiger partial charge is 0.497 e. The molecule has 0 N–H and O–H groups in total. The number of aliphatic imine (C=N–C) groups is 2. The van der Waals surface area contributed by atoms with Gasteiger partial charge >= 0.3 is 0 Å². The Kier molecular flexibility index (Phi) is 9.42. The second kappa shape index (κ2) is 12.6. The van der Waals surface area contributed by atoms with Crippen LogP contribution in [0.4, 0.5) is 0 Å². The van der Waals surface area contributed by atoms with Crippen LogP contribution in [0.1, 0.15) is 25.0 Å². The van der Waals surface area contributed by atoms with Crippen molar-refractivity contribution < 1.29 is 14.2 Å². The van der Waals surface area contributed by atoms with E-state index in [1.165, 1.54) is 0 Å². The van der Waals surface area contributed by atoms with Crippen molar-refractivity contribution in [1.82, 2.24) is 0 Å². The predicted octanol–water partition coefficient (Wildman–Crippen LogP) is 3.99. The molecular weight excluding hydrogens is 364 g/mol. The van der Waals surface area contributed by atoms with Crippen LogP contribution in [0.2, 0.25) is 0 Å². The van der Waals surface area contributed by atoms with E-state index in [9.17, 15) is 0 Å². The highest BCUT2D eigenvalue weighted by Gasteiger charge is 2.12. The van der Waals surface area contributed by atoms with Gasteiger partial charge in [-0.25, -0.2) is 0 Å². The molecule has 0 saturated carbocycles. The second-order valence-electron chi connectivity index (χ2n) is 5.68. The van der Waals surface area contributed by atoms with E-state index in [1.54, 1.807) is 20.2 Å². The Bertz CT molecular complexity index is 956. The average Bonchev–Trinajstić information content (AvgIpc) is 3.23. The minimum atomic E-state index is 0.303. The van der Waals surface area contributed by atoms with Gasteiger partial charge in [-0.15, -0.1) is 11.8 Å². The lowest BCUT2D eigenvalue weighted by Crippen LogP contribution is -1.92. The summed E-state index contributed by atoms with van der Waals surface area (Å²) in [5, 5.41) is 0. The fourth-order valence-electron chi connectivity index (χ4n) is 2.23. The zero-order valence-corrected chi connectivity index (χ0v) is 16.9. The van der Waals surface area contributed by atoms with E-state index in [4.69, 9.17) is 14.2 Å². The lowest BCUT2D eigenvalue weighted by atomic mass is 10.2. The van der Waals surface area contributed by atoms with Gasteiger partial charge < -0.3 is 14.2 Å². The van der Waals surface area contributed by atoms with Crippen LogP contribution in [0, 0.1) is 23.7 Å². The SMILES string of the molecule is CC#CC/N=C/c1ccc(OC)cc1.CC#CC/N=C/c1ccc2c(c1)OCO2. The van der Waals surface area contributed by atoms with Gasteiger partial charge in [-0.3, -0.25) is 9.98 Å². The smallest absolute Gasteiger partial charge is 0.231 e. The summed E-state index contributed by atoms with van der Waals surface area (Å²) in [6.45, 7) is 5.00. The van der Waals surface area contributed by atoms with Gasteiger partial charge in [0.1, 0.15) is 5.75 Å². The quantitative estimate of drug-likeness (QED) is 0.575. The summed E-state index contributed by atoms with van der Waals surface area (Å²) in [5.41, 5.74) is 2.06. The first-order valence-electron chi connectivity index (χ1n) is 9.09. The van der Waals surface area contributed by atoms with E-state index in [1.807, 2.05) is 55.6 Å². The van der Waals surface area contributed by atoms with Gasteiger partial charge in [0.05, 0.1) is 20.2 Å². The van der Waals surface area contributed by atoms with Gasteiger partial charge in [-0.1, -0.05) is 11.8 Å². The lowest BCUT2D eigenvalue weighted by molar-refractivity contribution is 0.174. The normalized spacial score (nSPS) is 11.1. The number of fused-ring (bicyclic) bond motifs is 1. The van der Waals surface area contributed by atoms with Crippen molar-refractivity contribution in [3.05, 3.63) is 53.6 Å². The van der Waals surface area contributed by atoms with Crippen LogP contribution in [0.5, 0.6) is 17.2 Å². The van der Waals surface area contributed by atoms with Crippen LogP contribution < -0.4 is 14.2 Å². The molecule has 2 aromatic carbocycles. The Hall–Kier alpha value is -3.70. The van der Waals surface area contributed by atoms with Crippen molar-refractivity contribution in [3.63, 3.8) is 0 Å².